The van der Waals surface area contributed by atoms with Crippen LogP contribution in [0.15, 0.2) is 6.20 Å². The average molecular weight is 253 g/mol. The molecule has 0 bridgehead atoms. The molecule has 7 nitrogen and oxygen atoms in total. The van der Waals surface area contributed by atoms with Gasteiger partial charge < -0.3 is 15.4 Å². The van der Waals surface area contributed by atoms with Gasteiger partial charge in [0.25, 0.3) is 5.91 Å². The van der Waals surface area contributed by atoms with E-state index in [1.807, 2.05) is 0 Å². The fourth-order valence-corrected chi connectivity index (χ4v) is 2.06. The Morgan fingerprint density at radius 3 is 3.00 bits per heavy atom. The van der Waals surface area contributed by atoms with Gasteiger partial charge in [-0.3, -0.25) is 9.48 Å². The summed E-state index contributed by atoms with van der Waals surface area (Å²) < 4.78 is 6.88. The molecule has 0 radical (unpaired) electrons. The minimum atomic E-state index is -0.0924. The van der Waals surface area contributed by atoms with Gasteiger partial charge in [0, 0.05) is 32.8 Å². The lowest BCUT2D eigenvalue weighted by atomic mass is 10.1. The second kappa shape index (κ2) is 5.92. The second-order valence-corrected chi connectivity index (χ2v) is 4.42. The smallest absolute Gasteiger partial charge is 0.276 e. The topological polar surface area (TPSA) is 86.3 Å². The zero-order chi connectivity index (χ0) is 13.0. The first kappa shape index (κ1) is 13.0. The molecule has 2 N–H and O–H groups in total. The van der Waals surface area contributed by atoms with Crippen molar-refractivity contribution in [3.63, 3.8) is 0 Å². The Kier molecular flexibility index (Phi) is 4.27. The largest absolute Gasteiger partial charge is 0.381 e. The van der Waals surface area contributed by atoms with Gasteiger partial charge in [-0.15, -0.1) is 5.10 Å². The molecular weight excluding hydrogens is 234 g/mol. The van der Waals surface area contributed by atoms with Gasteiger partial charge in [0.1, 0.15) is 0 Å². The highest BCUT2D eigenvalue weighted by Gasteiger charge is 2.24. The van der Waals surface area contributed by atoms with Crippen LogP contribution in [0.1, 0.15) is 23.3 Å². The molecule has 0 aromatic carbocycles. The molecule has 2 heterocycles. The predicted octanol–water partition coefficient (Wildman–Crippen LogP) is -0.512. The van der Waals surface area contributed by atoms with E-state index >= 15 is 0 Å². The predicted molar refractivity (Wildman–Crippen MR) is 65.0 cm³/mol. The highest BCUT2D eigenvalue weighted by molar-refractivity contribution is 5.91. The highest BCUT2D eigenvalue weighted by atomic mass is 16.5. The fraction of sp³-hybridized carbons (Fsp3) is 0.727. The molecule has 1 aromatic heterocycles. The van der Waals surface area contributed by atoms with Crippen LogP contribution in [0.3, 0.4) is 0 Å². The van der Waals surface area contributed by atoms with Crippen molar-refractivity contribution in [1.82, 2.24) is 19.9 Å². The van der Waals surface area contributed by atoms with Crippen molar-refractivity contribution in [3.05, 3.63) is 11.9 Å². The summed E-state index contributed by atoms with van der Waals surface area (Å²) in [5, 5.41) is 7.75. The summed E-state index contributed by atoms with van der Waals surface area (Å²) >= 11 is 0. The summed E-state index contributed by atoms with van der Waals surface area (Å²) in [7, 11) is 1.81. The maximum Gasteiger partial charge on any atom is 0.276 e. The van der Waals surface area contributed by atoms with E-state index in [1.165, 1.54) is 0 Å². The van der Waals surface area contributed by atoms with Crippen molar-refractivity contribution in [1.29, 1.82) is 0 Å². The van der Waals surface area contributed by atoms with Gasteiger partial charge in [-0.1, -0.05) is 5.21 Å². The molecule has 1 aliphatic heterocycles. The minimum Gasteiger partial charge on any atom is -0.381 e. The molecule has 1 amide bonds. The number of aromatic nitrogens is 3. The third-order valence-electron chi connectivity index (χ3n) is 3.17. The Labute approximate surface area is 106 Å². The lowest BCUT2D eigenvalue weighted by Crippen LogP contribution is -2.40. The first-order valence-corrected chi connectivity index (χ1v) is 6.17. The van der Waals surface area contributed by atoms with Crippen molar-refractivity contribution in [2.45, 2.75) is 25.4 Å². The van der Waals surface area contributed by atoms with Gasteiger partial charge in [-0.2, -0.15) is 0 Å². The second-order valence-electron chi connectivity index (χ2n) is 4.42. The zero-order valence-corrected chi connectivity index (χ0v) is 10.6. The number of hydrogen-bond donors (Lipinski definition) is 1. The van der Waals surface area contributed by atoms with Crippen molar-refractivity contribution in [2.75, 3.05) is 26.8 Å². The molecule has 0 saturated carbocycles. The Morgan fingerprint density at radius 1 is 1.61 bits per heavy atom. The molecule has 2 rings (SSSR count). The number of nitrogens with two attached hydrogens (primary N) is 1. The summed E-state index contributed by atoms with van der Waals surface area (Å²) in [6.07, 6.45) is 3.39. The van der Waals surface area contributed by atoms with Gasteiger partial charge >= 0.3 is 0 Å². The maximum atomic E-state index is 12.2. The molecule has 100 valence electrons. The fourth-order valence-electron chi connectivity index (χ4n) is 2.06. The van der Waals surface area contributed by atoms with Crippen molar-refractivity contribution in [3.8, 4) is 0 Å². The molecule has 18 heavy (non-hydrogen) atoms. The molecule has 1 fully saturated rings. The van der Waals surface area contributed by atoms with E-state index in [0.717, 1.165) is 12.8 Å². The molecule has 1 saturated heterocycles. The monoisotopic (exact) mass is 253 g/mol. The third kappa shape index (κ3) is 2.85. The number of hydrogen-bond acceptors (Lipinski definition) is 5. The molecule has 0 unspecified atom stereocenters. The highest BCUT2D eigenvalue weighted by Crippen LogP contribution is 2.14. The summed E-state index contributed by atoms with van der Waals surface area (Å²) in [5.74, 6) is -0.0924. The van der Waals surface area contributed by atoms with E-state index < -0.39 is 0 Å². The van der Waals surface area contributed by atoms with Gasteiger partial charge in [0.05, 0.1) is 12.7 Å². The standard InChI is InChI=1S/C11H19N5O2/c1-15(9-2-6-18-7-3-9)11(17)10-8-16(5-4-12)14-13-10/h8-9H,2-7,12H2,1H3. The van der Waals surface area contributed by atoms with Crippen molar-refractivity contribution < 1.29 is 9.53 Å². The Morgan fingerprint density at radius 2 is 2.33 bits per heavy atom. The van der Waals surface area contributed by atoms with Crippen LogP contribution in [0.5, 0.6) is 0 Å². The van der Waals surface area contributed by atoms with E-state index in [0.29, 0.717) is 32.0 Å². The summed E-state index contributed by atoms with van der Waals surface area (Å²) in [6.45, 7) is 2.47. The van der Waals surface area contributed by atoms with Gasteiger partial charge in [0.2, 0.25) is 0 Å². The van der Waals surface area contributed by atoms with Crippen LogP contribution in [-0.2, 0) is 11.3 Å². The number of rotatable bonds is 4. The van der Waals surface area contributed by atoms with E-state index in [4.69, 9.17) is 10.5 Å². The zero-order valence-electron chi connectivity index (χ0n) is 10.6. The normalized spacial score (nSPS) is 16.8. The summed E-state index contributed by atoms with van der Waals surface area (Å²) in [4.78, 5) is 13.9. The van der Waals surface area contributed by atoms with Gasteiger partial charge in [0.15, 0.2) is 5.69 Å². The Hall–Kier alpha value is -1.47. The van der Waals surface area contributed by atoms with Crippen molar-refractivity contribution in [2.24, 2.45) is 5.73 Å². The van der Waals surface area contributed by atoms with Crippen LogP contribution < -0.4 is 5.73 Å². The third-order valence-corrected chi connectivity index (χ3v) is 3.17. The van der Waals surface area contributed by atoms with Gasteiger partial charge in [-0.05, 0) is 12.8 Å². The van der Waals surface area contributed by atoms with Gasteiger partial charge in [-0.25, -0.2) is 0 Å². The first-order valence-electron chi connectivity index (χ1n) is 6.17. The molecular formula is C11H19N5O2. The molecule has 0 spiro atoms. The van der Waals surface area contributed by atoms with E-state index in [-0.39, 0.29) is 11.9 Å². The molecule has 7 heteroatoms. The number of carbonyl (C=O) groups excluding carboxylic acids is 1. The molecule has 0 aliphatic carbocycles. The Bertz CT molecular complexity index is 400. The first-order chi connectivity index (χ1) is 8.72. The number of nitrogens with zero attached hydrogens (tertiary/aromatic N) is 4. The minimum absolute atomic E-state index is 0.0924. The quantitative estimate of drug-likeness (QED) is 0.781. The molecule has 1 aliphatic rings. The van der Waals surface area contributed by atoms with Crippen molar-refractivity contribution >= 4 is 5.91 Å². The molecule has 1 aromatic rings. The van der Waals surface area contributed by atoms with E-state index in [2.05, 4.69) is 10.3 Å². The Balaban J connectivity index is 2.00. The SMILES string of the molecule is CN(C(=O)c1cn(CCN)nn1)C1CCOCC1. The van der Waals surface area contributed by atoms with E-state index in [1.54, 1.807) is 22.8 Å². The van der Waals surface area contributed by atoms with Crippen LogP contribution in [0.4, 0.5) is 0 Å². The number of amides is 1. The number of carbonyl (C=O) groups is 1. The summed E-state index contributed by atoms with van der Waals surface area (Å²) in [6, 6.07) is 0.228. The van der Waals surface area contributed by atoms with Crippen LogP contribution in [-0.4, -0.2) is 58.6 Å². The van der Waals surface area contributed by atoms with Crippen LogP contribution in [0.2, 0.25) is 0 Å². The average Bonchev–Trinajstić information content (AvgIpc) is 2.87. The van der Waals surface area contributed by atoms with E-state index in [9.17, 15) is 4.79 Å². The molecule has 0 atom stereocenters. The lowest BCUT2D eigenvalue weighted by Gasteiger charge is -2.30. The van der Waals surface area contributed by atoms with Crippen LogP contribution in [0, 0.1) is 0 Å². The maximum absolute atomic E-state index is 12.2. The lowest BCUT2D eigenvalue weighted by molar-refractivity contribution is 0.0359. The van der Waals surface area contributed by atoms with Crippen LogP contribution >= 0.6 is 0 Å². The summed E-state index contributed by atoms with van der Waals surface area (Å²) in [5.41, 5.74) is 5.80. The van der Waals surface area contributed by atoms with Crippen LogP contribution in [0.25, 0.3) is 0 Å². The number of ether oxygens (including phenoxy) is 1.